The van der Waals surface area contributed by atoms with Crippen molar-refractivity contribution in [2.24, 2.45) is 0 Å². The van der Waals surface area contributed by atoms with Gasteiger partial charge in [0, 0.05) is 37.2 Å². The van der Waals surface area contributed by atoms with Crippen molar-refractivity contribution in [3.63, 3.8) is 0 Å². The van der Waals surface area contributed by atoms with Gasteiger partial charge in [0.1, 0.15) is 0 Å². The van der Waals surface area contributed by atoms with Crippen LogP contribution in [0.15, 0.2) is 224 Å². The molecule has 0 fully saturated rings. The summed E-state index contributed by atoms with van der Waals surface area (Å²) in [5.74, 6) is 0. The van der Waals surface area contributed by atoms with E-state index in [0.717, 1.165) is 17.1 Å². The van der Waals surface area contributed by atoms with Crippen molar-refractivity contribution < 1.29 is 0 Å². The largest absolute Gasteiger partial charge is 0.310 e. The van der Waals surface area contributed by atoms with E-state index in [0.29, 0.717) is 0 Å². The second-order valence-corrected chi connectivity index (χ2v) is 16.6. The Labute approximate surface area is 342 Å². The molecule has 2 atom stereocenters. The molecule has 0 amide bonds. The molecule has 12 rings (SSSR count). The van der Waals surface area contributed by atoms with Crippen molar-refractivity contribution in [3.8, 4) is 11.1 Å². The molecule has 0 aliphatic heterocycles. The first kappa shape index (κ1) is 33.2. The first-order chi connectivity index (χ1) is 28.8. The second-order valence-electron chi connectivity index (χ2n) is 15.5. The fraction of sp³-hybridized carbons (Fsp3) is 0.0357. The molecule has 0 N–H and O–H groups in total. The average molecular weight is 756 g/mol. The summed E-state index contributed by atoms with van der Waals surface area (Å²) in [6.45, 7) is 0. The van der Waals surface area contributed by atoms with E-state index in [1.807, 2.05) is 11.3 Å². The zero-order valence-corrected chi connectivity index (χ0v) is 32.5. The highest BCUT2D eigenvalue weighted by Crippen LogP contribution is 2.65. The van der Waals surface area contributed by atoms with Crippen molar-refractivity contribution in [1.29, 1.82) is 0 Å². The summed E-state index contributed by atoms with van der Waals surface area (Å²) >= 11 is 1.86. The second kappa shape index (κ2) is 12.8. The predicted octanol–water partition coefficient (Wildman–Crippen LogP) is 14.6. The Morgan fingerprint density at radius 2 is 0.810 bits per heavy atom. The fourth-order valence-electron chi connectivity index (χ4n) is 10.6. The molecular formula is C56H37NS. The summed E-state index contributed by atoms with van der Waals surface area (Å²) in [7, 11) is 0. The Morgan fingerprint density at radius 3 is 1.55 bits per heavy atom. The Bertz CT molecular complexity index is 3170. The predicted molar refractivity (Wildman–Crippen MR) is 243 cm³/mol. The van der Waals surface area contributed by atoms with E-state index >= 15 is 0 Å². The molecule has 9 aromatic carbocycles. The minimum absolute atomic E-state index is 0.465. The Morgan fingerprint density at radius 1 is 0.310 bits per heavy atom. The number of benzene rings is 9. The van der Waals surface area contributed by atoms with Crippen LogP contribution < -0.4 is 4.90 Å². The van der Waals surface area contributed by atoms with Crippen molar-refractivity contribution in [2.75, 3.05) is 4.90 Å². The molecule has 0 saturated carbocycles. The molecule has 0 bridgehead atoms. The van der Waals surface area contributed by atoms with Crippen LogP contribution in [0.4, 0.5) is 17.1 Å². The lowest BCUT2D eigenvalue weighted by Crippen LogP contribution is -2.44. The van der Waals surface area contributed by atoms with Gasteiger partial charge >= 0.3 is 0 Å². The van der Waals surface area contributed by atoms with Crippen molar-refractivity contribution in [2.45, 2.75) is 10.8 Å². The van der Waals surface area contributed by atoms with Gasteiger partial charge in [0.05, 0.1) is 10.8 Å². The van der Waals surface area contributed by atoms with E-state index in [-0.39, 0.29) is 0 Å². The highest BCUT2D eigenvalue weighted by Gasteiger charge is 2.57. The van der Waals surface area contributed by atoms with Crippen LogP contribution in [-0.4, -0.2) is 0 Å². The molecule has 58 heavy (non-hydrogen) atoms. The number of hydrogen-bond donors (Lipinski definition) is 0. The number of para-hydroxylation sites is 1. The van der Waals surface area contributed by atoms with E-state index in [2.05, 4.69) is 229 Å². The fourth-order valence-corrected chi connectivity index (χ4v) is 11.7. The van der Waals surface area contributed by atoms with Gasteiger partial charge in [0.2, 0.25) is 0 Å². The van der Waals surface area contributed by atoms with E-state index in [9.17, 15) is 0 Å². The highest BCUT2D eigenvalue weighted by molar-refractivity contribution is 7.25. The molecule has 2 aliphatic rings. The maximum Gasteiger partial charge on any atom is 0.0720 e. The summed E-state index contributed by atoms with van der Waals surface area (Å²) in [5.41, 5.74) is 15.5. The first-order valence-corrected chi connectivity index (χ1v) is 20.9. The molecule has 0 radical (unpaired) electrons. The van der Waals surface area contributed by atoms with Crippen molar-refractivity contribution in [3.05, 3.63) is 269 Å². The summed E-state index contributed by atoms with van der Waals surface area (Å²) < 4.78 is 2.62. The van der Waals surface area contributed by atoms with Gasteiger partial charge in [-0.3, -0.25) is 0 Å². The van der Waals surface area contributed by atoms with Gasteiger partial charge in [-0.15, -0.1) is 11.3 Å². The molecule has 0 spiro atoms. The maximum absolute atomic E-state index is 2.41. The van der Waals surface area contributed by atoms with Gasteiger partial charge in [0.25, 0.3) is 0 Å². The Balaban J connectivity index is 1.12. The molecule has 1 aromatic heterocycles. The van der Waals surface area contributed by atoms with Gasteiger partial charge in [-0.25, -0.2) is 0 Å². The summed E-state index contributed by atoms with van der Waals surface area (Å²) in [5, 5.41) is 2.59. The molecule has 2 aliphatic carbocycles. The van der Waals surface area contributed by atoms with Crippen LogP contribution in [0.3, 0.4) is 0 Å². The standard InChI is InChI=1S/C56H37NS/c1-4-17-38(18-5-1)55(40-31-33-42(34-32-40)57(41-21-8-3-9-22-41)43-35-36-53-47(37-43)45-24-11-15-30-52(45)58-53)49-27-13-14-28-50(49)56(39-19-6-2-7-20-39)48-26-12-10-23-44(48)46-25-16-29-51(55)54(46)56/h1-37H. The van der Waals surface area contributed by atoms with Gasteiger partial charge in [0.15, 0.2) is 0 Å². The lowest BCUT2D eigenvalue weighted by atomic mass is 9.52. The van der Waals surface area contributed by atoms with E-state index in [1.165, 1.54) is 75.8 Å². The Kier molecular flexibility index (Phi) is 7.30. The number of nitrogens with zero attached hydrogens (tertiary/aromatic N) is 1. The minimum Gasteiger partial charge on any atom is -0.310 e. The summed E-state index contributed by atoms with van der Waals surface area (Å²) in [6.07, 6.45) is 0. The topological polar surface area (TPSA) is 3.24 Å². The number of anilines is 3. The molecule has 10 aromatic rings. The molecule has 0 saturated heterocycles. The molecule has 2 unspecified atom stereocenters. The van der Waals surface area contributed by atoms with Crippen LogP contribution in [0.2, 0.25) is 0 Å². The molecular weight excluding hydrogens is 719 g/mol. The highest BCUT2D eigenvalue weighted by atomic mass is 32.1. The normalized spacial score (nSPS) is 17.4. The van der Waals surface area contributed by atoms with Crippen LogP contribution in [0.25, 0.3) is 31.3 Å². The van der Waals surface area contributed by atoms with Crippen LogP contribution in [-0.2, 0) is 10.8 Å². The SMILES string of the molecule is c1ccc(N(c2ccc(C3(c4ccccc4)c4ccccc4C4(c5ccccc5)c5ccccc5-c5cccc3c54)cc2)c2ccc3sc4ccccc4c3c2)cc1. The third-order valence-corrected chi connectivity index (χ3v) is 14.0. The number of rotatable bonds is 6. The van der Waals surface area contributed by atoms with Crippen LogP contribution in [0, 0.1) is 0 Å². The lowest BCUT2D eigenvalue weighted by Gasteiger charge is -2.49. The number of thiophene rings is 1. The van der Waals surface area contributed by atoms with E-state index < -0.39 is 10.8 Å². The zero-order chi connectivity index (χ0) is 38.3. The quantitative estimate of drug-likeness (QED) is 0.163. The van der Waals surface area contributed by atoms with Gasteiger partial charge < -0.3 is 4.90 Å². The summed E-state index contributed by atoms with van der Waals surface area (Å²) in [6, 6.07) is 83.7. The van der Waals surface area contributed by atoms with E-state index in [1.54, 1.807) is 0 Å². The van der Waals surface area contributed by atoms with Crippen LogP contribution in [0.1, 0.15) is 44.5 Å². The van der Waals surface area contributed by atoms with Crippen molar-refractivity contribution in [1.82, 2.24) is 0 Å². The monoisotopic (exact) mass is 755 g/mol. The molecule has 272 valence electrons. The number of hydrogen-bond acceptors (Lipinski definition) is 2. The van der Waals surface area contributed by atoms with Gasteiger partial charge in [-0.1, -0.05) is 176 Å². The smallest absolute Gasteiger partial charge is 0.0720 e. The molecule has 1 heterocycles. The average Bonchev–Trinajstić information content (AvgIpc) is 3.83. The summed E-state index contributed by atoms with van der Waals surface area (Å²) in [4.78, 5) is 2.40. The Hall–Kier alpha value is -7.00. The third-order valence-electron chi connectivity index (χ3n) is 12.8. The molecule has 2 heteroatoms. The molecule has 1 nitrogen and oxygen atoms in total. The maximum atomic E-state index is 2.41. The van der Waals surface area contributed by atoms with Crippen molar-refractivity contribution >= 4 is 48.6 Å². The van der Waals surface area contributed by atoms with E-state index in [4.69, 9.17) is 0 Å². The minimum atomic E-state index is -0.589. The first-order valence-electron chi connectivity index (χ1n) is 20.1. The van der Waals surface area contributed by atoms with Crippen LogP contribution >= 0.6 is 11.3 Å². The zero-order valence-electron chi connectivity index (χ0n) is 31.7. The number of fused-ring (bicyclic) bond motifs is 8. The van der Waals surface area contributed by atoms with Gasteiger partial charge in [-0.2, -0.15) is 0 Å². The van der Waals surface area contributed by atoms with Gasteiger partial charge in [-0.05, 0) is 104 Å². The lowest BCUT2D eigenvalue weighted by molar-refractivity contribution is 0.626. The third kappa shape index (κ3) is 4.47. The van der Waals surface area contributed by atoms with Crippen LogP contribution in [0.5, 0.6) is 0 Å².